The Morgan fingerprint density at radius 1 is 1.41 bits per heavy atom. The first kappa shape index (κ1) is 15.1. The fraction of sp³-hybridized carbons (Fsp3) is 0.375. The molecule has 1 amide bonds. The molecule has 1 saturated heterocycles. The standard InChI is InChI=1S/C16H19ClN4O/c1-11-15(16(22)20-13-5-7-18-8-6-13)10-19-21(11)14-4-2-3-12(17)9-14/h2-4,9-10,13,18H,5-8H2,1H3,(H,20,22). The van der Waals surface area contributed by atoms with E-state index < -0.39 is 0 Å². The maximum Gasteiger partial charge on any atom is 0.254 e. The molecule has 0 unspecified atom stereocenters. The largest absolute Gasteiger partial charge is 0.349 e. The van der Waals surface area contributed by atoms with Gasteiger partial charge < -0.3 is 10.6 Å². The minimum absolute atomic E-state index is 0.0577. The summed E-state index contributed by atoms with van der Waals surface area (Å²) in [6.45, 7) is 3.79. The van der Waals surface area contributed by atoms with Crippen molar-refractivity contribution in [2.24, 2.45) is 0 Å². The van der Waals surface area contributed by atoms with Crippen LogP contribution in [0.25, 0.3) is 5.69 Å². The molecule has 3 rings (SSSR count). The van der Waals surface area contributed by atoms with Gasteiger partial charge in [-0.15, -0.1) is 0 Å². The molecule has 5 nitrogen and oxygen atoms in total. The average molecular weight is 319 g/mol. The molecule has 2 aromatic rings. The minimum atomic E-state index is -0.0577. The van der Waals surface area contributed by atoms with E-state index in [2.05, 4.69) is 15.7 Å². The number of amides is 1. The van der Waals surface area contributed by atoms with Gasteiger partial charge in [0.1, 0.15) is 0 Å². The molecule has 6 heteroatoms. The van der Waals surface area contributed by atoms with Crippen LogP contribution in [0.5, 0.6) is 0 Å². The Kier molecular flexibility index (Phi) is 4.45. The second-order valence-corrected chi connectivity index (χ2v) is 5.97. The molecule has 0 bridgehead atoms. The fourth-order valence-corrected chi connectivity index (χ4v) is 2.91. The number of rotatable bonds is 3. The second-order valence-electron chi connectivity index (χ2n) is 5.53. The van der Waals surface area contributed by atoms with Crippen LogP contribution in [0, 0.1) is 6.92 Å². The summed E-state index contributed by atoms with van der Waals surface area (Å²) < 4.78 is 1.74. The van der Waals surface area contributed by atoms with Crippen molar-refractivity contribution in [3.63, 3.8) is 0 Å². The maximum atomic E-state index is 12.4. The zero-order valence-corrected chi connectivity index (χ0v) is 13.2. The van der Waals surface area contributed by atoms with Gasteiger partial charge in [0.25, 0.3) is 5.91 Å². The molecule has 1 aromatic heterocycles. The van der Waals surface area contributed by atoms with Crippen LogP contribution in [0.15, 0.2) is 30.5 Å². The molecular weight excluding hydrogens is 300 g/mol. The van der Waals surface area contributed by atoms with Gasteiger partial charge in [-0.1, -0.05) is 17.7 Å². The number of hydrogen-bond acceptors (Lipinski definition) is 3. The molecule has 1 fully saturated rings. The molecule has 22 heavy (non-hydrogen) atoms. The molecule has 2 heterocycles. The Labute approximate surface area is 134 Å². The Balaban J connectivity index is 1.79. The predicted molar refractivity (Wildman–Crippen MR) is 86.7 cm³/mol. The van der Waals surface area contributed by atoms with Gasteiger partial charge in [-0.25, -0.2) is 4.68 Å². The van der Waals surface area contributed by atoms with E-state index in [0.29, 0.717) is 10.6 Å². The van der Waals surface area contributed by atoms with E-state index in [1.54, 1.807) is 10.9 Å². The van der Waals surface area contributed by atoms with E-state index in [-0.39, 0.29) is 11.9 Å². The summed E-state index contributed by atoms with van der Waals surface area (Å²) in [5.41, 5.74) is 2.28. The first-order chi connectivity index (χ1) is 10.6. The summed E-state index contributed by atoms with van der Waals surface area (Å²) in [5, 5.41) is 11.4. The van der Waals surface area contributed by atoms with Crippen molar-refractivity contribution in [1.82, 2.24) is 20.4 Å². The van der Waals surface area contributed by atoms with Crippen molar-refractivity contribution >= 4 is 17.5 Å². The first-order valence-electron chi connectivity index (χ1n) is 7.47. The highest BCUT2D eigenvalue weighted by Crippen LogP contribution is 2.18. The predicted octanol–water partition coefficient (Wildman–Crippen LogP) is 2.32. The molecule has 0 aliphatic carbocycles. The quantitative estimate of drug-likeness (QED) is 0.913. The van der Waals surface area contributed by atoms with Crippen LogP contribution in [0.3, 0.4) is 0 Å². The zero-order chi connectivity index (χ0) is 15.5. The van der Waals surface area contributed by atoms with E-state index in [0.717, 1.165) is 37.3 Å². The highest BCUT2D eigenvalue weighted by atomic mass is 35.5. The second kappa shape index (κ2) is 6.50. The van der Waals surface area contributed by atoms with E-state index in [1.807, 2.05) is 31.2 Å². The summed E-state index contributed by atoms with van der Waals surface area (Å²) >= 11 is 6.02. The van der Waals surface area contributed by atoms with Crippen molar-refractivity contribution in [3.8, 4) is 5.69 Å². The van der Waals surface area contributed by atoms with Crippen LogP contribution in [0.1, 0.15) is 28.9 Å². The summed E-state index contributed by atoms with van der Waals surface area (Å²) in [7, 11) is 0. The first-order valence-corrected chi connectivity index (χ1v) is 7.85. The Morgan fingerprint density at radius 2 is 2.18 bits per heavy atom. The van der Waals surface area contributed by atoms with Gasteiger partial charge in [0.2, 0.25) is 0 Å². The highest BCUT2D eigenvalue weighted by Gasteiger charge is 2.20. The van der Waals surface area contributed by atoms with E-state index in [4.69, 9.17) is 11.6 Å². The summed E-state index contributed by atoms with van der Waals surface area (Å²) in [6.07, 6.45) is 3.55. The molecule has 0 saturated carbocycles. The van der Waals surface area contributed by atoms with E-state index in [9.17, 15) is 4.79 Å². The molecule has 0 atom stereocenters. The third-order valence-electron chi connectivity index (χ3n) is 3.98. The SMILES string of the molecule is Cc1c(C(=O)NC2CCNCC2)cnn1-c1cccc(Cl)c1. The molecule has 1 aliphatic rings. The van der Waals surface area contributed by atoms with E-state index >= 15 is 0 Å². The lowest BCUT2D eigenvalue weighted by Crippen LogP contribution is -2.42. The number of hydrogen-bond donors (Lipinski definition) is 2. The summed E-state index contributed by atoms with van der Waals surface area (Å²) in [5.74, 6) is -0.0577. The minimum Gasteiger partial charge on any atom is -0.349 e. The number of carbonyl (C=O) groups is 1. The van der Waals surface area contributed by atoms with Gasteiger partial charge in [-0.05, 0) is 51.1 Å². The smallest absolute Gasteiger partial charge is 0.254 e. The summed E-state index contributed by atoms with van der Waals surface area (Å²) in [4.78, 5) is 12.4. The Hall–Kier alpha value is -1.85. The monoisotopic (exact) mass is 318 g/mol. The number of nitrogens with one attached hydrogen (secondary N) is 2. The lowest BCUT2D eigenvalue weighted by atomic mass is 10.1. The van der Waals surface area contributed by atoms with Gasteiger partial charge in [-0.2, -0.15) is 5.10 Å². The van der Waals surface area contributed by atoms with Crippen molar-refractivity contribution in [1.29, 1.82) is 0 Å². The number of carbonyl (C=O) groups excluding carboxylic acids is 1. The van der Waals surface area contributed by atoms with Crippen LogP contribution < -0.4 is 10.6 Å². The van der Waals surface area contributed by atoms with Gasteiger partial charge in [-0.3, -0.25) is 4.79 Å². The molecule has 1 aromatic carbocycles. The average Bonchev–Trinajstić information content (AvgIpc) is 2.90. The molecular formula is C16H19ClN4O. The Bertz CT molecular complexity index is 677. The topological polar surface area (TPSA) is 59.0 Å². The van der Waals surface area contributed by atoms with Gasteiger partial charge in [0.05, 0.1) is 23.1 Å². The normalized spacial score (nSPS) is 15.7. The Morgan fingerprint density at radius 3 is 2.91 bits per heavy atom. The maximum absolute atomic E-state index is 12.4. The van der Waals surface area contributed by atoms with Gasteiger partial charge in [0, 0.05) is 11.1 Å². The molecule has 1 aliphatic heterocycles. The van der Waals surface area contributed by atoms with Crippen LogP contribution >= 0.6 is 11.6 Å². The number of benzene rings is 1. The molecule has 0 spiro atoms. The third kappa shape index (κ3) is 3.15. The number of piperidine rings is 1. The molecule has 2 N–H and O–H groups in total. The van der Waals surface area contributed by atoms with Crippen molar-refractivity contribution in [2.45, 2.75) is 25.8 Å². The lowest BCUT2D eigenvalue weighted by molar-refractivity contribution is 0.0929. The van der Waals surface area contributed by atoms with Crippen molar-refractivity contribution in [2.75, 3.05) is 13.1 Å². The molecule has 0 radical (unpaired) electrons. The zero-order valence-electron chi connectivity index (χ0n) is 12.5. The number of halogens is 1. The van der Waals surface area contributed by atoms with E-state index in [1.165, 1.54) is 0 Å². The van der Waals surface area contributed by atoms with Gasteiger partial charge >= 0.3 is 0 Å². The van der Waals surface area contributed by atoms with Crippen LogP contribution in [0.2, 0.25) is 5.02 Å². The van der Waals surface area contributed by atoms with Gasteiger partial charge in [0.15, 0.2) is 0 Å². The van der Waals surface area contributed by atoms with Crippen molar-refractivity contribution < 1.29 is 4.79 Å². The fourth-order valence-electron chi connectivity index (χ4n) is 2.73. The lowest BCUT2D eigenvalue weighted by Gasteiger charge is -2.23. The van der Waals surface area contributed by atoms with Crippen molar-refractivity contribution in [3.05, 3.63) is 46.7 Å². The highest BCUT2D eigenvalue weighted by molar-refractivity contribution is 6.30. The third-order valence-corrected chi connectivity index (χ3v) is 4.22. The summed E-state index contributed by atoms with van der Waals surface area (Å²) in [6, 6.07) is 7.67. The number of nitrogens with zero attached hydrogens (tertiary/aromatic N) is 2. The number of aromatic nitrogens is 2. The van der Waals surface area contributed by atoms with Crippen LogP contribution in [0.4, 0.5) is 0 Å². The van der Waals surface area contributed by atoms with Crippen LogP contribution in [-0.4, -0.2) is 34.8 Å². The van der Waals surface area contributed by atoms with Crippen LogP contribution in [-0.2, 0) is 0 Å². The molecule has 116 valence electrons.